The zero-order chi connectivity index (χ0) is 18.5. The van der Waals surface area contributed by atoms with E-state index in [0.29, 0.717) is 17.1 Å². The summed E-state index contributed by atoms with van der Waals surface area (Å²) in [5.41, 5.74) is 2.97. The van der Waals surface area contributed by atoms with Gasteiger partial charge in [-0.1, -0.05) is 12.1 Å². The molecule has 2 aromatic carbocycles. The van der Waals surface area contributed by atoms with E-state index < -0.39 is 12.0 Å². The number of para-hydroxylation sites is 2. The van der Waals surface area contributed by atoms with Crippen molar-refractivity contribution in [2.75, 3.05) is 20.8 Å². The Morgan fingerprint density at radius 1 is 1.23 bits per heavy atom. The van der Waals surface area contributed by atoms with Crippen molar-refractivity contribution < 1.29 is 28.8 Å². The number of hydrogen-bond donors (Lipinski definition) is 2. The van der Waals surface area contributed by atoms with E-state index in [1.165, 1.54) is 20.4 Å². The first-order chi connectivity index (χ1) is 12.6. The Morgan fingerprint density at radius 2 is 1.88 bits per heavy atom. The van der Waals surface area contributed by atoms with Crippen molar-refractivity contribution in [1.82, 2.24) is 5.43 Å². The van der Waals surface area contributed by atoms with Gasteiger partial charge in [0.05, 0.1) is 20.4 Å². The van der Waals surface area contributed by atoms with Gasteiger partial charge in [0.2, 0.25) is 11.9 Å². The number of methoxy groups -OCH3 is 2. The first-order valence-corrected chi connectivity index (χ1v) is 7.78. The number of phenols is 1. The monoisotopic (exact) mass is 358 g/mol. The summed E-state index contributed by atoms with van der Waals surface area (Å²) in [6.07, 6.45) is 0.603. The van der Waals surface area contributed by atoms with Crippen molar-refractivity contribution >= 4 is 12.1 Å². The van der Waals surface area contributed by atoms with Crippen LogP contribution < -0.4 is 24.4 Å². The fourth-order valence-corrected chi connectivity index (χ4v) is 2.38. The largest absolute Gasteiger partial charge is 0.502 e. The van der Waals surface area contributed by atoms with Crippen LogP contribution in [0.4, 0.5) is 0 Å². The Bertz CT molecular complexity index is 811. The summed E-state index contributed by atoms with van der Waals surface area (Å²) in [6, 6.07) is 10.2. The van der Waals surface area contributed by atoms with E-state index in [1.807, 2.05) is 6.07 Å². The van der Waals surface area contributed by atoms with Crippen LogP contribution in [-0.2, 0) is 4.79 Å². The van der Waals surface area contributed by atoms with Crippen LogP contribution in [0.25, 0.3) is 0 Å². The highest BCUT2D eigenvalue weighted by Crippen LogP contribution is 2.36. The summed E-state index contributed by atoms with van der Waals surface area (Å²) in [4.78, 5) is 12.2. The zero-order valence-corrected chi connectivity index (χ0v) is 14.3. The lowest BCUT2D eigenvalue weighted by molar-refractivity contribution is -0.130. The van der Waals surface area contributed by atoms with Gasteiger partial charge in [0, 0.05) is 5.56 Å². The van der Waals surface area contributed by atoms with E-state index in [4.69, 9.17) is 18.9 Å². The molecule has 0 saturated carbocycles. The fourth-order valence-electron chi connectivity index (χ4n) is 2.38. The van der Waals surface area contributed by atoms with Crippen LogP contribution in [0.15, 0.2) is 41.5 Å². The third-order valence-electron chi connectivity index (χ3n) is 3.69. The van der Waals surface area contributed by atoms with E-state index in [2.05, 4.69) is 10.5 Å². The molecule has 8 heteroatoms. The number of benzene rings is 2. The lowest BCUT2D eigenvalue weighted by Crippen LogP contribution is -2.42. The highest BCUT2D eigenvalue weighted by atomic mass is 16.6. The second-order valence-electron chi connectivity index (χ2n) is 5.37. The molecule has 8 nitrogen and oxygen atoms in total. The number of carbonyl (C=O) groups is 1. The van der Waals surface area contributed by atoms with Gasteiger partial charge in [0.15, 0.2) is 23.0 Å². The van der Waals surface area contributed by atoms with Crippen molar-refractivity contribution in [1.29, 1.82) is 0 Å². The molecule has 0 unspecified atom stereocenters. The molecule has 2 aromatic rings. The second-order valence-corrected chi connectivity index (χ2v) is 5.37. The minimum absolute atomic E-state index is 0.0965. The molecule has 2 N–H and O–H groups in total. The zero-order valence-electron chi connectivity index (χ0n) is 14.3. The minimum Gasteiger partial charge on any atom is -0.502 e. The summed E-state index contributed by atoms with van der Waals surface area (Å²) in [5.74, 6) is 1.03. The topological polar surface area (TPSA) is 98.6 Å². The third kappa shape index (κ3) is 3.64. The molecule has 1 amide bonds. The van der Waals surface area contributed by atoms with Crippen molar-refractivity contribution in [3.63, 3.8) is 0 Å². The third-order valence-corrected chi connectivity index (χ3v) is 3.69. The van der Waals surface area contributed by atoms with Gasteiger partial charge in [0.1, 0.15) is 6.61 Å². The normalized spacial score (nSPS) is 15.5. The number of nitrogens with zero attached hydrogens (tertiary/aromatic N) is 1. The second kappa shape index (κ2) is 7.64. The minimum atomic E-state index is -0.800. The molecule has 1 aliphatic heterocycles. The molecule has 0 radical (unpaired) electrons. The number of carbonyl (C=O) groups excluding carboxylic acids is 1. The molecule has 0 saturated heterocycles. The van der Waals surface area contributed by atoms with E-state index >= 15 is 0 Å². The lowest BCUT2D eigenvalue weighted by Gasteiger charge is -2.24. The van der Waals surface area contributed by atoms with E-state index in [9.17, 15) is 9.90 Å². The van der Waals surface area contributed by atoms with Crippen LogP contribution in [-0.4, -0.2) is 44.2 Å². The molecule has 26 heavy (non-hydrogen) atoms. The molecule has 0 spiro atoms. The number of aromatic hydroxyl groups is 1. The first-order valence-electron chi connectivity index (χ1n) is 7.78. The molecule has 1 heterocycles. The number of nitrogens with one attached hydrogen (secondary N) is 1. The molecule has 3 rings (SSSR count). The Morgan fingerprint density at radius 3 is 2.54 bits per heavy atom. The van der Waals surface area contributed by atoms with Crippen molar-refractivity contribution in [2.45, 2.75) is 6.10 Å². The molecule has 1 atom stereocenters. The summed E-state index contributed by atoms with van der Waals surface area (Å²) in [5, 5.41) is 13.8. The number of ether oxygens (including phenoxy) is 4. The van der Waals surface area contributed by atoms with Crippen molar-refractivity contribution in [3.05, 3.63) is 42.0 Å². The Balaban J connectivity index is 1.65. The molecule has 0 bridgehead atoms. The van der Waals surface area contributed by atoms with Crippen LogP contribution in [0.5, 0.6) is 28.7 Å². The maximum Gasteiger partial charge on any atom is 0.284 e. The van der Waals surface area contributed by atoms with Crippen LogP contribution in [0.2, 0.25) is 0 Å². The predicted molar refractivity (Wildman–Crippen MR) is 93.3 cm³/mol. The lowest BCUT2D eigenvalue weighted by atomic mass is 10.2. The molecule has 1 aliphatic rings. The van der Waals surface area contributed by atoms with Gasteiger partial charge >= 0.3 is 0 Å². The van der Waals surface area contributed by atoms with Gasteiger partial charge in [-0.3, -0.25) is 4.79 Å². The summed E-state index contributed by atoms with van der Waals surface area (Å²) >= 11 is 0. The number of hydrazone groups is 1. The van der Waals surface area contributed by atoms with Crippen molar-refractivity contribution in [2.24, 2.45) is 5.10 Å². The summed E-state index contributed by atoms with van der Waals surface area (Å²) < 4.78 is 21.2. The molecule has 0 aromatic heterocycles. The van der Waals surface area contributed by atoms with Crippen LogP contribution >= 0.6 is 0 Å². The maximum absolute atomic E-state index is 12.2. The predicted octanol–water partition coefficient (Wildman–Crippen LogP) is 1.70. The molecular weight excluding hydrogens is 340 g/mol. The molecular formula is C18H18N2O6. The van der Waals surface area contributed by atoms with Gasteiger partial charge in [-0.2, -0.15) is 5.10 Å². The van der Waals surface area contributed by atoms with Gasteiger partial charge in [0.25, 0.3) is 5.91 Å². The summed E-state index contributed by atoms with van der Waals surface area (Å²) in [6.45, 7) is 0.0965. The summed E-state index contributed by atoms with van der Waals surface area (Å²) in [7, 11) is 2.85. The molecule has 0 aliphatic carbocycles. The molecule has 0 fully saturated rings. The van der Waals surface area contributed by atoms with Gasteiger partial charge in [-0.05, 0) is 24.3 Å². The van der Waals surface area contributed by atoms with E-state index in [0.717, 1.165) is 0 Å². The van der Waals surface area contributed by atoms with Crippen LogP contribution in [0, 0.1) is 0 Å². The average molecular weight is 358 g/mol. The van der Waals surface area contributed by atoms with Gasteiger partial charge < -0.3 is 24.1 Å². The highest BCUT2D eigenvalue weighted by molar-refractivity contribution is 5.86. The average Bonchev–Trinajstić information content (AvgIpc) is 2.68. The van der Waals surface area contributed by atoms with Crippen LogP contribution in [0.3, 0.4) is 0 Å². The smallest absolute Gasteiger partial charge is 0.284 e. The van der Waals surface area contributed by atoms with E-state index in [1.54, 1.807) is 30.3 Å². The van der Waals surface area contributed by atoms with Crippen LogP contribution in [0.1, 0.15) is 5.56 Å². The van der Waals surface area contributed by atoms with Gasteiger partial charge in [-0.15, -0.1) is 0 Å². The Labute approximate surface area is 149 Å². The first kappa shape index (κ1) is 17.4. The number of rotatable bonds is 5. The SMILES string of the molecule is COc1cc(/C=N\NC(=O)[C@@H]2COc3ccccc3O2)cc(OC)c1O. The molecule has 136 valence electrons. The van der Waals surface area contributed by atoms with Crippen molar-refractivity contribution in [3.8, 4) is 28.7 Å². The number of phenolic OH excluding ortho intramolecular Hbond substituents is 1. The quantitative estimate of drug-likeness (QED) is 0.624. The standard InChI is InChI=1S/C18H18N2O6/c1-23-14-7-11(8-15(24-2)17(14)21)9-19-20-18(22)16-10-25-12-5-3-4-6-13(12)26-16/h3-9,16,21H,10H2,1-2H3,(H,20,22)/b19-9-/t16-/m0/s1. The Hall–Kier alpha value is -3.42. The number of amides is 1. The number of fused-ring (bicyclic) bond motifs is 1. The fraction of sp³-hybridized carbons (Fsp3) is 0.222. The number of hydrogen-bond acceptors (Lipinski definition) is 7. The maximum atomic E-state index is 12.2. The van der Waals surface area contributed by atoms with E-state index in [-0.39, 0.29) is 23.9 Å². The highest BCUT2D eigenvalue weighted by Gasteiger charge is 2.27. The Kier molecular flexibility index (Phi) is 5.12. The van der Waals surface area contributed by atoms with Gasteiger partial charge in [-0.25, -0.2) is 5.43 Å².